The second kappa shape index (κ2) is 5.67. The molecule has 100 valence electrons. The van der Waals surface area contributed by atoms with E-state index >= 15 is 0 Å². The molecule has 2 rings (SSSR count). The quantitative estimate of drug-likeness (QED) is 0.898. The summed E-state index contributed by atoms with van der Waals surface area (Å²) in [6.07, 6.45) is 0. The zero-order valence-electron chi connectivity index (χ0n) is 10.2. The molecule has 0 aromatic heterocycles. The van der Waals surface area contributed by atoms with Crippen LogP contribution < -0.4 is 10.5 Å². The Morgan fingerprint density at radius 2 is 1.89 bits per heavy atom. The molecule has 0 spiro atoms. The molecule has 5 heteroatoms. The summed E-state index contributed by atoms with van der Waals surface area (Å²) in [7, 11) is 0. The van der Waals surface area contributed by atoms with Crippen molar-refractivity contribution in [2.24, 2.45) is 5.73 Å². The molecule has 0 amide bonds. The first kappa shape index (κ1) is 14.0. The van der Waals surface area contributed by atoms with E-state index in [4.69, 9.17) is 10.5 Å². The maximum Gasteiger partial charge on any atom is 0.201 e. The average molecular weight is 328 g/mol. The predicted molar refractivity (Wildman–Crippen MR) is 73.2 cm³/mol. The Kier molecular flexibility index (Phi) is 4.17. The Labute approximate surface area is 118 Å². The molecule has 0 aliphatic heterocycles. The standard InChI is InChI=1S/C14H12BrF2NO/c1-8(18)9-5-6-12(10(15)7-9)19-13-4-2-3-11(16)14(13)17/h2-8H,18H2,1H3/t8-/m1/s1. The van der Waals surface area contributed by atoms with Crippen LogP contribution in [0.5, 0.6) is 11.5 Å². The summed E-state index contributed by atoms with van der Waals surface area (Å²) < 4.78 is 32.5. The number of benzene rings is 2. The Balaban J connectivity index is 2.31. The molecule has 0 heterocycles. The molecular weight excluding hydrogens is 316 g/mol. The topological polar surface area (TPSA) is 35.2 Å². The maximum atomic E-state index is 13.5. The highest BCUT2D eigenvalue weighted by Gasteiger charge is 2.12. The molecule has 0 fully saturated rings. The van der Waals surface area contributed by atoms with Crippen molar-refractivity contribution >= 4 is 15.9 Å². The van der Waals surface area contributed by atoms with Gasteiger partial charge in [0.05, 0.1) is 4.47 Å². The first-order chi connectivity index (χ1) is 8.99. The normalized spacial score (nSPS) is 12.3. The van der Waals surface area contributed by atoms with Gasteiger partial charge in [-0.05, 0) is 52.7 Å². The molecule has 0 bridgehead atoms. The second-order valence-electron chi connectivity index (χ2n) is 4.13. The van der Waals surface area contributed by atoms with Crippen molar-refractivity contribution in [3.05, 3.63) is 58.1 Å². The van der Waals surface area contributed by atoms with Crippen molar-refractivity contribution in [2.45, 2.75) is 13.0 Å². The maximum absolute atomic E-state index is 13.5. The van der Waals surface area contributed by atoms with Gasteiger partial charge in [0.2, 0.25) is 5.82 Å². The number of ether oxygens (including phenoxy) is 1. The summed E-state index contributed by atoms with van der Waals surface area (Å²) in [5.74, 6) is -1.71. The van der Waals surface area contributed by atoms with Gasteiger partial charge in [-0.3, -0.25) is 0 Å². The highest BCUT2D eigenvalue weighted by Crippen LogP contribution is 2.33. The van der Waals surface area contributed by atoms with Crippen LogP contribution in [-0.2, 0) is 0 Å². The molecule has 2 aromatic carbocycles. The number of hydrogen-bond donors (Lipinski definition) is 1. The van der Waals surface area contributed by atoms with Crippen LogP contribution in [0.2, 0.25) is 0 Å². The van der Waals surface area contributed by atoms with Crippen LogP contribution in [0.1, 0.15) is 18.5 Å². The smallest absolute Gasteiger partial charge is 0.201 e. The van der Waals surface area contributed by atoms with Crippen LogP contribution in [0.4, 0.5) is 8.78 Å². The molecule has 2 N–H and O–H groups in total. The molecule has 1 atom stereocenters. The molecule has 0 saturated heterocycles. The predicted octanol–water partition coefficient (Wildman–Crippen LogP) is 4.54. The van der Waals surface area contributed by atoms with Crippen LogP contribution in [-0.4, -0.2) is 0 Å². The molecule has 2 nitrogen and oxygen atoms in total. The Morgan fingerprint density at radius 3 is 2.53 bits per heavy atom. The first-order valence-corrected chi connectivity index (χ1v) is 6.45. The summed E-state index contributed by atoms with van der Waals surface area (Å²) in [6, 6.07) is 8.90. The summed E-state index contributed by atoms with van der Waals surface area (Å²) in [5.41, 5.74) is 6.67. The van der Waals surface area contributed by atoms with Crippen LogP contribution >= 0.6 is 15.9 Å². The van der Waals surface area contributed by atoms with Gasteiger partial charge < -0.3 is 10.5 Å². The fraction of sp³-hybridized carbons (Fsp3) is 0.143. The fourth-order valence-corrected chi connectivity index (χ4v) is 2.04. The summed E-state index contributed by atoms with van der Waals surface area (Å²) >= 11 is 3.32. The number of rotatable bonds is 3. The van der Waals surface area contributed by atoms with Crippen molar-refractivity contribution in [3.63, 3.8) is 0 Å². The Hall–Kier alpha value is -1.46. The summed E-state index contributed by atoms with van der Waals surface area (Å²) in [5, 5.41) is 0. The molecule has 0 radical (unpaired) electrons. The average Bonchev–Trinajstić information content (AvgIpc) is 2.37. The molecule has 2 aromatic rings. The van der Waals surface area contributed by atoms with E-state index in [9.17, 15) is 8.78 Å². The lowest BCUT2D eigenvalue weighted by Gasteiger charge is -2.11. The molecule has 0 saturated carbocycles. The minimum atomic E-state index is -1.01. The van der Waals surface area contributed by atoms with E-state index < -0.39 is 11.6 Å². The van der Waals surface area contributed by atoms with Crippen molar-refractivity contribution < 1.29 is 13.5 Å². The van der Waals surface area contributed by atoms with Gasteiger partial charge >= 0.3 is 0 Å². The van der Waals surface area contributed by atoms with Crippen LogP contribution in [0.15, 0.2) is 40.9 Å². The van der Waals surface area contributed by atoms with Crippen molar-refractivity contribution in [1.82, 2.24) is 0 Å². The van der Waals surface area contributed by atoms with E-state index in [-0.39, 0.29) is 11.8 Å². The lowest BCUT2D eigenvalue weighted by molar-refractivity contribution is 0.414. The Bertz CT molecular complexity index is 602. The van der Waals surface area contributed by atoms with Gasteiger partial charge in [-0.25, -0.2) is 4.39 Å². The lowest BCUT2D eigenvalue weighted by atomic mass is 10.1. The minimum absolute atomic E-state index is 0.115. The zero-order valence-corrected chi connectivity index (χ0v) is 11.7. The third-order valence-electron chi connectivity index (χ3n) is 2.62. The van der Waals surface area contributed by atoms with E-state index in [1.165, 1.54) is 12.1 Å². The second-order valence-corrected chi connectivity index (χ2v) is 4.99. The molecule has 0 unspecified atom stereocenters. The molecule has 0 aliphatic rings. The largest absolute Gasteiger partial charge is 0.453 e. The zero-order chi connectivity index (χ0) is 14.0. The minimum Gasteiger partial charge on any atom is -0.453 e. The Morgan fingerprint density at radius 1 is 1.16 bits per heavy atom. The van der Waals surface area contributed by atoms with Crippen LogP contribution in [0, 0.1) is 11.6 Å². The van der Waals surface area contributed by atoms with E-state index in [2.05, 4.69) is 15.9 Å². The fourth-order valence-electron chi connectivity index (χ4n) is 1.56. The van der Waals surface area contributed by atoms with Gasteiger partial charge in [-0.15, -0.1) is 0 Å². The van der Waals surface area contributed by atoms with E-state index in [1.807, 2.05) is 6.92 Å². The van der Waals surface area contributed by atoms with E-state index in [0.717, 1.165) is 11.6 Å². The lowest BCUT2D eigenvalue weighted by Crippen LogP contribution is -2.04. The SMILES string of the molecule is C[C@@H](N)c1ccc(Oc2cccc(F)c2F)c(Br)c1. The molecular formula is C14H12BrF2NO. The highest BCUT2D eigenvalue weighted by atomic mass is 79.9. The third-order valence-corrected chi connectivity index (χ3v) is 3.24. The van der Waals surface area contributed by atoms with Crippen molar-refractivity contribution in [2.75, 3.05) is 0 Å². The number of halogens is 3. The number of nitrogens with two attached hydrogens (primary N) is 1. The van der Waals surface area contributed by atoms with Gasteiger partial charge in [0.15, 0.2) is 11.6 Å². The van der Waals surface area contributed by atoms with Crippen molar-refractivity contribution in [3.8, 4) is 11.5 Å². The third kappa shape index (κ3) is 3.11. The first-order valence-electron chi connectivity index (χ1n) is 5.66. The number of hydrogen-bond acceptors (Lipinski definition) is 2. The van der Waals surface area contributed by atoms with Gasteiger partial charge in [0.25, 0.3) is 0 Å². The molecule has 19 heavy (non-hydrogen) atoms. The van der Waals surface area contributed by atoms with Gasteiger partial charge in [-0.1, -0.05) is 12.1 Å². The van der Waals surface area contributed by atoms with Gasteiger partial charge in [0.1, 0.15) is 5.75 Å². The highest BCUT2D eigenvalue weighted by molar-refractivity contribution is 9.10. The summed E-state index contributed by atoms with van der Waals surface area (Å²) in [6.45, 7) is 1.86. The van der Waals surface area contributed by atoms with Gasteiger partial charge in [-0.2, -0.15) is 4.39 Å². The van der Waals surface area contributed by atoms with Crippen LogP contribution in [0.25, 0.3) is 0 Å². The van der Waals surface area contributed by atoms with Gasteiger partial charge in [0, 0.05) is 6.04 Å². The summed E-state index contributed by atoms with van der Waals surface area (Å²) in [4.78, 5) is 0. The van der Waals surface area contributed by atoms with Crippen LogP contribution in [0.3, 0.4) is 0 Å². The van der Waals surface area contributed by atoms with Crippen molar-refractivity contribution in [1.29, 1.82) is 0 Å². The monoisotopic (exact) mass is 327 g/mol. The van der Waals surface area contributed by atoms with E-state index in [0.29, 0.717) is 10.2 Å². The van der Waals surface area contributed by atoms with E-state index in [1.54, 1.807) is 18.2 Å². The molecule has 0 aliphatic carbocycles.